The van der Waals surface area contributed by atoms with Gasteiger partial charge in [0.1, 0.15) is 17.8 Å². The van der Waals surface area contributed by atoms with Crippen LogP contribution < -0.4 is 0 Å². The van der Waals surface area contributed by atoms with Crippen molar-refractivity contribution in [2.45, 2.75) is 68.3 Å². The van der Waals surface area contributed by atoms with Crippen molar-refractivity contribution in [3.63, 3.8) is 0 Å². The van der Waals surface area contributed by atoms with Crippen molar-refractivity contribution in [1.82, 2.24) is 4.90 Å². The summed E-state index contributed by atoms with van der Waals surface area (Å²) in [5.74, 6) is -1.44. The quantitative estimate of drug-likeness (QED) is 0.453. The maximum atomic E-state index is 13.6. The minimum Gasteiger partial charge on any atom is -0.458 e. The molecule has 6 aliphatic rings. The van der Waals surface area contributed by atoms with Gasteiger partial charge in [0, 0.05) is 75.5 Å². The zero-order valence-corrected chi connectivity index (χ0v) is 24.8. The number of piperidine rings is 1. The van der Waals surface area contributed by atoms with Gasteiger partial charge in [-0.1, -0.05) is 25.1 Å². The van der Waals surface area contributed by atoms with Gasteiger partial charge in [-0.3, -0.25) is 4.90 Å². The molecule has 41 heavy (non-hydrogen) atoms. The molecule has 1 spiro atoms. The fourth-order valence-electron chi connectivity index (χ4n) is 12.1. The summed E-state index contributed by atoms with van der Waals surface area (Å²) in [6.07, 6.45) is -0.473. The van der Waals surface area contributed by atoms with Crippen molar-refractivity contribution in [3.05, 3.63) is 35.9 Å². The van der Waals surface area contributed by atoms with Gasteiger partial charge in [-0.05, 0) is 43.9 Å². The number of benzene rings is 1. The van der Waals surface area contributed by atoms with Gasteiger partial charge in [0.2, 0.25) is 0 Å². The van der Waals surface area contributed by atoms with Gasteiger partial charge < -0.3 is 33.9 Å². The maximum Gasteiger partial charge on any atom is 0.338 e. The third kappa shape index (κ3) is 3.19. The number of hydrogen-bond donors (Lipinski definition) is 2. The van der Waals surface area contributed by atoms with Crippen LogP contribution in [0.15, 0.2) is 30.3 Å². The minimum atomic E-state index is -1.17. The fraction of sp³-hybridized carbons (Fsp3) is 0.781. The molecule has 7 rings (SSSR count). The Hall–Kier alpha value is -1.59. The molecular formula is C32H45NO8. The number of fused-ring (bicyclic) bond motifs is 2. The Kier molecular flexibility index (Phi) is 6.68. The van der Waals surface area contributed by atoms with E-state index in [1.165, 1.54) is 0 Å². The van der Waals surface area contributed by atoms with E-state index < -0.39 is 41.3 Å². The molecule has 226 valence electrons. The normalized spacial score (nSPS) is 51.0. The van der Waals surface area contributed by atoms with Crippen molar-refractivity contribution in [1.29, 1.82) is 0 Å². The molecule has 7 bridgehead atoms. The lowest BCUT2D eigenvalue weighted by Gasteiger charge is -2.69. The number of aliphatic hydroxyl groups excluding tert-OH is 2. The predicted molar refractivity (Wildman–Crippen MR) is 148 cm³/mol. The van der Waals surface area contributed by atoms with Gasteiger partial charge in [0.15, 0.2) is 0 Å². The number of likely N-dealkylation sites (tertiary alicyclic amines) is 1. The Morgan fingerprint density at radius 3 is 2.44 bits per heavy atom. The lowest BCUT2D eigenvalue weighted by molar-refractivity contribution is -0.306. The third-order valence-electron chi connectivity index (χ3n) is 12.7. The molecule has 0 amide bonds. The summed E-state index contributed by atoms with van der Waals surface area (Å²) in [5.41, 5.74) is -1.34. The van der Waals surface area contributed by atoms with E-state index in [4.69, 9.17) is 23.7 Å². The summed E-state index contributed by atoms with van der Waals surface area (Å²) in [7, 11) is 6.81. The van der Waals surface area contributed by atoms with Crippen LogP contribution in [0, 0.1) is 40.4 Å². The number of carbonyl (C=O) groups excluding carboxylic acids is 1. The van der Waals surface area contributed by atoms with E-state index in [9.17, 15) is 15.0 Å². The SMILES string of the molecule is CCN1C[C@]2(COC)CC[C@H](OC)[C@@]34[C@@H]5C[C@@H]6[C@@H](OC)[C@H](O)[C@@](OC)([C@H]5[C@H]6OC(=O)c5ccccc5)[C@@H]([C@H](O)[C@H]23)[C@@H]14. The summed E-state index contributed by atoms with van der Waals surface area (Å²) < 4.78 is 31.4. The van der Waals surface area contributed by atoms with Gasteiger partial charge in [0.05, 0.1) is 30.5 Å². The Morgan fingerprint density at radius 2 is 1.80 bits per heavy atom. The highest BCUT2D eigenvalue weighted by Gasteiger charge is 2.88. The van der Waals surface area contributed by atoms with Crippen LogP contribution in [-0.4, -0.2) is 111 Å². The number of aliphatic hydroxyl groups is 2. The number of carbonyl (C=O) groups is 1. The summed E-state index contributed by atoms with van der Waals surface area (Å²) in [5, 5.41) is 24.9. The maximum absolute atomic E-state index is 13.6. The lowest BCUT2D eigenvalue weighted by Crippen LogP contribution is -2.79. The van der Waals surface area contributed by atoms with Crippen LogP contribution in [0.1, 0.15) is 36.5 Å². The molecule has 1 aromatic carbocycles. The molecular weight excluding hydrogens is 526 g/mol. The average Bonchev–Trinajstić information content (AvgIpc) is 3.39. The molecule has 1 heterocycles. The van der Waals surface area contributed by atoms with Crippen molar-refractivity contribution >= 4 is 5.97 Å². The Morgan fingerprint density at radius 1 is 1.05 bits per heavy atom. The van der Waals surface area contributed by atoms with Gasteiger partial charge in [-0.15, -0.1) is 0 Å². The molecule has 2 N–H and O–H groups in total. The molecule has 9 nitrogen and oxygen atoms in total. The summed E-state index contributed by atoms with van der Waals surface area (Å²) in [6, 6.07) is 9.00. The number of methoxy groups -OCH3 is 4. The van der Waals surface area contributed by atoms with E-state index in [1.54, 1.807) is 40.6 Å². The molecule has 1 aromatic rings. The largest absolute Gasteiger partial charge is 0.458 e. The zero-order valence-electron chi connectivity index (χ0n) is 24.8. The summed E-state index contributed by atoms with van der Waals surface area (Å²) in [6.45, 7) is 4.37. The minimum absolute atomic E-state index is 0.0185. The lowest BCUT2D eigenvalue weighted by atomic mass is 9.43. The predicted octanol–water partition coefficient (Wildman–Crippen LogP) is 1.99. The molecule has 5 aliphatic carbocycles. The molecule has 0 unspecified atom stereocenters. The first kappa shape index (κ1) is 28.2. The van der Waals surface area contributed by atoms with E-state index in [1.807, 2.05) is 18.2 Å². The van der Waals surface area contributed by atoms with E-state index >= 15 is 0 Å². The van der Waals surface area contributed by atoms with Crippen molar-refractivity contribution < 1.29 is 38.7 Å². The first-order chi connectivity index (χ1) is 19.8. The van der Waals surface area contributed by atoms with Crippen LogP contribution in [-0.2, 0) is 23.7 Å². The second kappa shape index (κ2) is 9.71. The first-order valence-electron chi connectivity index (χ1n) is 15.3. The second-order valence-electron chi connectivity index (χ2n) is 13.5. The smallest absolute Gasteiger partial charge is 0.338 e. The molecule has 9 heteroatoms. The topological polar surface area (TPSA) is 107 Å². The Bertz CT molecular complexity index is 1170. The van der Waals surface area contributed by atoms with Crippen molar-refractivity contribution in [2.75, 3.05) is 48.1 Å². The first-order valence-corrected chi connectivity index (χ1v) is 15.3. The standard InChI is InChI=1S/C32H45NO8/c1-6-33-15-30(16-37-2)13-12-20(38-3)31-19-14-18-24(41-29(36)17-10-8-7-9-11-17)21(19)32(40-5,28(35)25(18)39-4)22(27(31)33)23(34)26(30)31/h7-11,18-28,34-35H,6,12-16H2,1-5H3/t18-,19+,20-,21+,22-,23-,24-,25+,26+,27+,28-,30-,31-,32+/m0/s1. The Balaban J connectivity index is 1.45. The van der Waals surface area contributed by atoms with Crippen LogP contribution in [0.4, 0.5) is 0 Å². The third-order valence-corrected chi connectivity index (χ3v) is 12.7. The summed E-state index contributed by atoms with van der Waals surface area (Å²) >= 11 is 0. The molecule has 0 radical (unpaired) electrons. The van der Waals surface area contributed by atoms with Crippen LogP contribution in [0.3, 0.4) is 0 Å². The van der Waals surface area contributed by atoms with Gasteiger partial charge in [0.25, 0.3) is 0 Å². The summed E-state index contributed by atoms with van der Waals surface area (Å²) in [4.78, 5) is 16.1. The van der Waals surface area contributed by atoms with E-state index in [0.29, 0.717) is 18.6 Å². The monoisotopic (exact) mass is 571 g/mol. The van der Waals surface area contributed by atoms with Gasteiger partial charge >= 0.3 is 5.97 Å². The number of rotatable bonds is 8. The van der Waals surface area contributed by atoms with Crippen LogP contribution in [0.25, 0.3) is 0 Å². The molecule has 0 aromatic heterocycles. The molecule has 1 saturated heterocycles. The number of ether oxygens (including phenoxy) is 5. The molecule has 5 saturated carbocycles. The molecule has 6 fully saturated rings. The second-order valence-corrected chi connectivity index (χ2v) is 13.5. The van der Waals surface area contributed by atoms with Gasteiger partial charge in [-0.2, -0.15) is 0 Å². The average molecular weight is 572 g/mol. The van der Waals surface area contributed by atoms with Crippen molar-refractivity contribution in [3.8, 4) is 0 Å². The number of esters is 1. The molecule has 14 atom stereocenters. The highest BCUT2D eigenvalue weighted by atomic mass is 16.6. The van der Waals surface area contributed by atoms with E-state index in [2.05, 4.69) is 11.8 Å². The fourth-order valence-corrected chi connectivity index (χ4v) is 12.1. The van der Waals surface area contributed by atoms with Crippen molar-refractivity contribution in [2.24, 2.45) is 40.4 Å². The number of nitrogens with zero attached hydrogens (tertiary/aromatic N) is 1. The van der Waals surface area contributed by atoms with Crippen LogP contribution >= 0.6 is 0 Å². The Labute approximate surface area is 242 Å². The van der Waals surface area contributed by atoms with Gasteiger partial charge in [-0.25, -0.2) is 4.79 Å². The van der Waals surface area contributed by atoms with Crippen LogP contribution in [0.2, 0.25) is 0 Å². The van der Waals surface area contributed by atoms with Crippen LogP contribution in [0.5, 0.6) is 0 Å². The van der Waals surface area contributed by atoms with E-state index in [-0.39, 0.29) is 47.2 Å². The zero-order chi connectivity index (χ0) is 28.9. The highest BCUT2D eigenvalue weighted by molar-refractivity contribution is 5.89. The van der Waals surface area contributed by atoms with E-state index in [0.717, 1.165) is 25.9 Å². The highest BCUT2D eigenvalue weighted by Crippen LogP contribution is 2.79. The number of hydrogen-bond acceptors (Lipinski definition) is 9. The molecule has 1 aliphatic heterocycles.